The first kappa shape index (κ1) is 15.2. The summed E-state index contributed by atoms with van der Waals surface area (Å²) in [6.45, 7) is 10.4. The maximum Gasteiger partial charge on any atom is 0.407 e. The molecule has 1 aliphatic rings. The first-order valence-electron chi connectivity index (χ1n) is 6.80. The van der Waals surface area contributed by atoms with E-state index in [1.54, 1.807) is 0 Å². The molecule has 106 valence electrons. The van der Waals surface area contributed by atoms with Crippen LogP contribution >= 0.6 is 0 Å². The Morgan fingerprint density at radius 3 is 2.78 bits per heavy atom. The van der Waals surface area contributed by atoms with Crippen molar-refractivity contribution in [2.24, 2.45) is 0 Å². The first-order chi connectivity index (χ1) is 8.37. The molecular weight excluding hydrogens is 230 g/mol. The Morgan fingerprint density at radius 2 is 2.22 bits per heavy atom. The van der Waals surface area contributed by atoms with Gasteiger partial charge in [-0.3, -0.25) is 0 Å². The summed E-state index contributed by atoms with van der Waals surface area (Å²) >= 11 is 0. The van der Waals surface area contributed by atoms with E-state index < -0.39 is 5.60 Å². The predicted molar refractivity (Wildman–Crippen MR) is 72.7 cm³/mol. The predicted octanol–water partition coefficient (Wildman–Crippen LogP) is 1.24. The summed E-state index contributed by atoms with van der Waals surface area (Å²) in [7, 11) is 0. The molecular formula is C13H27N3O2. The van der Waals surface area contributed by atoms with Crippen molar-refractivity contribution in [2.75, 3.05) is 19.6 Å². The molecule has 0 aromatic carbocycles. The molecule has 1 rings (SSSR count). The van der Waals surface area contributed by atoms with Gasteiger partial charge in [-0.2, -0.15) is 0 Å². The van der Waals surface area contributed by atoms with Crippen LogP contribution in [-0.4, -0.2) is 43.4 Å². The molecule has 0 spiro atoms. The number of carbonyl (C=O) groups is 1. The van der Waals surface area contributed by atoms with Gasteiger partial charge in [0.2, 0.25) is 0 Å². The van der Waals surface area contributed by atoms with E-state index in [9.17, 15) is 4.79 Å². The number of hydrogen-bond acceptors (Lipinski definition) is 4. The van der Waals surface area contributed by atoms with E-state index >= 15 is 0 Å². The van der Waals surface area contributed by atoms with Crippen LogP contribution in [0.1, 0.15) is 40.5 Å². The Bertz CT molecular complexity index is 257. The lowest BCUT2D eigenvalue weighted by atomic mass is 10.2. The summed E-state index contributed by atoms with van der Waals surface area (Å²) in [5.74, 6) is 0. The third-order valence-corrected chi connectivity index (χ3v) is 2.77. The minimum absolute atomic E-state index is 0.0706. The highest BCUT2D eigenvalue weighted by atomic mass is 16.6. The van der Waals surface area contributed by atoms with Crippen LogP contribution in [0, 0.1) is 0 Å². The molecule has 1 fully saturated rings. The topological polar surface area (TPSA) is 62.4 Å². The van der Waals surface area contributed by atoms with E-state index in [-0.39, 0.29) is 12.1 Å². The molecule has 1 saturated heterocycles. The highest BCUT2D eigenvalue weighted by Gasteiger charge is 2.18. The fraction of sp³-hybridized carbons (Fsp3) is 0.923. The molecule has 0 aromatic heterocycles. The Balaban J connectivity index is 2.09. The van der Waals surface area contributed by atoms with Crippen molar-refractivity contribution in [3.05, 3.63) is 0 Å². The lowest BCUT2D eigenvalue weighted by Crippen LogP contribution is -2.44. The summed E-state index contributed by atoms with van der Waals surface area (Å²) in [5.41, 5.74) is -0.439. The van der Waals surface area contributed by atoms with Gasteiger partial charge in [0.25, 0.3) is 0 Å². The van der Waals surface area contributed by atoms with E-state index in [0.717, 1.165) is 19.6 Å². The van der Waals surface area contributed by atoms with Crippen LogP contribution in [-0.2, 0) is 4.74 Å². The third-order valence-electron chi connectivity index (χ3n) is 2.77. The molecule has 3 N–H and O–H groups in total. The Morgan fingerprint density at radius 1 is 1.50 bits per heavy atom. The summed E-state index contributed by atoms with van der Waals surface area (Å²) in [5, 5.41) is 9.61. The molecule has 5 heteroatoms. The fourth-order valence-corrected chi connectivity index (χ4v) is 1.96. The largest absolute Gasteiger partial charge is 0.444 e. The number of amides is 1. The molecule has 0 bridgehead atoms. The van der Waals surface area contributed by atoms with Gasteiger partial charge in [-0.15, -0.1) is 0 Å². The summed E-state index contributed by atoms with van der Waals surface area (Å²) in [6, 6.07) is 0.653. The van der Waals surface area contributed by atoms with E-state index in [1.807, 2.05) is 27.7 Å². The molecule has 0 radical (unpaired) electrons. The van der Waals surface area contributed by atoms with Gasteiger partial charge in [-0.05, 0) is 47.1 Å². The van der Waals surface area contributed by atoms with E-state index in [1.165, 1.54) is 12.8 Å². The second kappa shape index (κ2) is 6.95. The average molecular weight is 257 g/mol. The van der Waals surface area contributed by atoms with Gasteiger partial charge in [-0.25, -0.2) is 4.79 Å². The van der Waals surface area contributed by atoms with Crippen molar-refractivity contribution in [1.29, 1.82) is 0 Å². The standard InChI is InChI=1S/C13H27N3O2/c1-10(16-12(17)18-13(2,3)4)8-14-9-11-6-5-7-15-11/h10-11,14-15H,5-9H2,1-4H3,(H,16,17). The van der Waals surface area contributed by atoms with Crippen molar-refractivity contribution in [1.82, 2.24) is 16.0 Å². The normalized spacial score (nSPS) is 21.7. The van der Waals surface area contributed by atoms with Crippen molar-refractivity contribution >= 4 is 6.09 Å². The van der Waals surface area contributed by atoms with Crippen LogP contribution in [0.4, 0.5) is 4.79 Å². The first-order valence-corrected chi connectivity index (χ1v) is 6.80. The quantitative estimate of drug-likeness (QED) is 0.693. The van der Waals surface area contributed by atoms with E-state index in [0.29, 0.717) is 6.04 Å². The zero-order valence-corrected chi connectivity index (χ0v) is 12.0. The molecule has 5 nitrogen and oxygen atoms in total. The van der Waals surface area contributed by atoms with Crippen LogP contribution in [0.3, 0.4) is 0 Å². The number of hydrogen-bond donors (Lipinski definition) is 3. The molecule has 0 saturated carbocycles. The summed E-state index contributed by atoms with van der Waals surface area (Å²) in [4.78, 5) is 11.5. The number of ether oxygens (including phenoxy) is 1. The van der Waals surface area contributed by atoms with Crippen molar-refractivity contribution < 1.29 is 9.53 Å². The van der Waals surface area contributed by atoms with Crippen molar-refractivity contribution in [2.45, 2.75) is 58.2 Å². The maximum atomic E-state index is 11.5. The molecule has 18 heavy (non-hydrogen) atoms. The molecule has 0 aliphatic carbocycles. The highest BCUT2D eigenvalue weighted by Crippen LogP contribution is 2.06. The molecule has 2 unspecified atom stereocenters. The molecule has 1 amide bonds. The number of alkyl carbamates (subject to hydrolysis) is 1. The van der Waals surface area contributed by atoms with Gasteiger partial charge in [0, 0.05) is 25.2 Å². The lowest BCUT2D eigenvalue weighted by molar-refractivity contribution is 0.0508. The van der Waals surface area contributed by atoms with Crippen LogP contribution < -0.4 is 16.0 Å². The van der Waals surface area contributed by atoms with E-state index in [2.05, 4.69) is 16.0 Å². The van der Waals surface area contributed by atoms with Gasteiger partial charge in [0.05, 0.1) is 0 Å². The van der Waals surface area contributed by atoms with Crippen LogP contribution in [0.25, 0.3) is 0 Å². The zero-order valence-electron chi connectivity index (χ0n) is 12.0. The number of rotatable bonds is 5. The smallest absolute Gasteiger partial charge is 0.407 e. The van der Waals surface area contributed by atoms with Crippen molar-refractivity contribution in [3.63, 3.8) is 0 Å². The van der Waals surface area contributed by atoms with Gasteiger partial charge >= 0.3 is 6.09 Å². The number of carbonyl (C=O) groups excluding carboxylic acids is 1. The zero-order chi connectivity index (χ0) is 13.6. The third kappa shape index (κ3) is 6.81. The summed E-state index contributed by atoms with van der Waals surface area (Å²) in [6.07, 6.45) is 2.15. The van der Waals surface area contributed by atoms with Gasteiger partial charge in [-0.1, -0.05) is 0 Å². The van der Waals surface area contributed by atoms with Gasteiger partial charge in [0.15, 0.2) is 0 Å². The molecule has 1 aliphatic heterocycles. The second-order valence-electron chi connectivity index (χ2n) is 6.00. The molecule has 0 aromatic rings. The minimum Gasteiger partial charge on any atom is -0.444 e. The number of nitrogens with one attached hydrogen (secondary N) is 3. The fourth-order valence-electron chi connectivity index (χ4n) is 1.96. The Hall–Kier alpha value is -0.810. The Labute approximate surface area is 110 Å². The SMILES string of the molecule is CC(CNCC1CCCN1)NC(=O)OC(C)(C)C. The van der Waals surface area contributed by atoms with E-state index in [4.69, 9.17) is 4.74 Å². The molecule has 2 atom stereocenters. The van der Waals surface area contributed by atoms with Gasteiger partial charge in [0.1, 0.15) is 5.60 Å². The van der Waals surface area contributed by atoms with Gasteiger partial charge < -0.3 is 20.7 Å². The van der Waals surface area contributed by atoms with Crippen LogP contribution in [0.2, 0.25) is 0 Å². The van der Waals surface area contributed by atoms with Crippen molar-refractivity contribution in [3.8, 4) is 0 Å². The maximum absolute atomic E-state index is 11.5. The Kier molecular flexibility index (Phi) is 5.88. The van der Waals surface area contributed by atoms with Crippen LogP contribution in [0.15, 0.2) is 0 Å². The molecule has 1 heterocycles. The van der Waals surface area contributed by atoms with Crippen LogP contribution in [0.5, 0.6) is 0 Å². The summed E-state index contributed by atoms with van der Waals surface area (Å²) < 4.78 is 5.20. The monoisotopic (exact) mass is 257 g/mol. The lowest BCUT2D eigenvalue weighted by Gasteiger charge is -2.22. The highest BCUT2D eigenvalue weighted by molar-refractivity contribution is 5.68. The average Bonchev–Trinajstić information content (AvgIpc) is 2.66. The second-order valence-corrected chi connectivity index (χ2v) is 6.00. The minimum atomic E-state index is -0.439.